The van der Waals surface area contributed by atoms with E-state index in [-0.39, 0.29) is 0 Å². The molecule has 1 atom stereocenters. The molecule has 0 N–H and O–H groups in total. The van der Waals surface area contributed by atoms with Crippen molar-refractivity contribution in [3.05, 3.63) is 22.4 Å². The first-order chi connectivity index (χ1) is 6.94. The van der Waals surface area contributed by atoms with Crippen molar-refractivity contribution in [3.8, 4) is 6.07 Å². The summed E-state index contributed by atoms with van der Waals surface area (Å²) in [5.41, 5.74) is 0.152. The minimum Gasteiger partial charge on any atom is -0.459 e. The Morgan fingerprint density at radius 3 is 2.67 bits per heavy atom. The number of rotatable bonds is 2. The van der Waals surface area contributed by atoms with E-state index in [9.17, 15) is 4.79 Å². The normalized spacial score (nSPS) is 12.9. The Hall–Kier alpha value is -1.34. The van der Waals surface area contributed by atoms with Gasteiger partial charge in [0.05, 0.1) is 6.07 Å². The van der Waals surface area contributed by atoms with E-state index in [1.807, 2.05) is 11.4 Å². The zero-order chi connectivity index (χ0) is 11.5. The second-order valence-corrected chi connectivity index (χ2v) is 4.93. The number of hydrogen-bond donors (Lipinski definition) is 0. The molecule has 0 aliphatic carbocycles. The highest BCUT2D eigenvalue weighted by molar-refractivity contribution is 7.08. The van der Waals surface area contributed by atoms with E-state index in [0.29, 0.717) is 5.56 Å². The maximum absolute atomic E-state index is 11.6. The monoisotopic (exact) mass is 223 g/mol. The molecule has 1 heterocycles. The molecule has 0 saturated heterocycles. The fourth-order valence-corrected chi connectivity index (χ4v) is 1.75. The summed E-state index contributed by atoms with van der Waals surface area (Å²) in [6.45, 7) is 5.35. The van der Waals surface area contributed by atoms with Crippen molar-refractivity contribution < 1.29 is 9.53 Å². The van der Waals surface area contributed by atoms with E-state index in [0.717, 1.165) is 0 Å². The molecule has 80 valence electrons. The number of esters is 1. The lowest BCUT2D eigenvalue weighted by atomic mass is 10.0. The molecule has 4 heteroatoms. The average molecular weight is 223 g/mol. The number of nitrogens with zero attached hydrogens (tertiary/aromatic N) is 1. The van der Waals surface area contributed by atoms with Crippen molar-refractivity contribution in [2.75, 3.05) is 0 Å². The predicted octanol–water partition coefficient (Wildman–Crippen LogP) is 2.70. The molecular formula is C11H13NO2S. The van der Waals surface area contributed by atoms with E-state index < -0.39 is 17.5 Å². The van der Waals surface area contributed by atoms with Crippen LogP contribution in [0.3, 0.4) is 0 Å². The molecule has 0 saturated carbocycles. The van der Waals surface area contributed by atoms with Crippen molar-refractivity contribution in [2.45, 2.75) is 32.3 Å². The Kier molecular flexibility index (Phi) is 3.48. The molecule has 3 nitrogen and oxygen atoms in total. The van der Waals surface area contributed by atoms with Crippen LogP contribution in [-0.2, 0) is 9.53 Å². The van der Waals surface area contributed by atoms with E-state index in [2.05, 4.69) is 0 Å². The molecule has 0 spiro atoms. The lowest BCUT2D eigenvalue weighted by molar-refractivity contribution is -0.155. The summed E-state index contributed by atoms with van der Waals surface area (Å²) < 4.78 is 5.16. The number of hydrogen-bond acceptors (Lipinski definition) is 4. The fraction of sp³-hybridized carbons (Fsp3) is 0.455. The van der Waals surface area contributed by atoms with Crippen molar-refractivity contribution in [2.24, 2.45) is 0 Å². The van der Waals surface area contributed by atoms with Crippen LogP contribution in [0, 0.1) is 11.3 Å². The van der Waals surface area contributed by atoms with Gasteiger partial charge in [0.1, 0.15) is 5.60 Å². The lowest BCUT2D eigenvalue weighted by Gasteiger charge is -2.20. The summed E-state index contributed by atoms with van der Waals surface area (Å²) in [4.78, 5) is 11.6. The largest absolute Gasteiger partial charge is 0.459 e. The van der Waals surface area contributed by atoms with E-state index >= 15 is 0 Å². The van der Waals surface area contributed by atoms with Gasteiger partial charge in [0.2, 0.25) is 0 Å². The zero-order valence-electron chi connectivity index (χ0n) is 8.98. The van der Waals surface area contributed by atoms with Crippen molar-refractivity contribution in [3.63, 3.8) is 0 Å². The molecule has 0 amide bonds. The van der Waals surface area contributed by atoms with Crippen LogP contribution >= 0.6 is 11.3 Å². The maximum atomic E-state index is 11.6. The van der Waals surface area contributed by atoms with Crippen molar-refractivity contribution in [1.82, 2.24) is 0 Å². The number of carbonyl (C=O) groups is 1. The topological polar surface area (TPSA) is 50.1 Å². The van der Waals surface area contributed by atoms with Gasteiger partial charge in [-0.1, -0.05) is 0 Å². The number of nitriles is 1. The van der Waals surface area contributed by atoms with E-state index in [1.165, 1.54) is 11.3 Å². The van der Waals surface area contributed by atoms with Crippen LogP contribution in [-0.4, -0.2) is 11.6 Å². The Balaban J connectivity index is 2.78. The second-order valence-electron chi connectivity index (χ2n) is 4.15. The number of ether oxygens (including phenoxy) is 1. The highest BCUT2D eigenvalue weighted by atomic mass is 32.1. The smallest absolute Gasteiger partial charge is 0.328 e. The van der Waals surface area contributed by atoms with Crippen LogP contribution < -0.4 is 0 Å². The SMILES string of the molecule is CC(C)(C)OC(=O)C(C#N)c1ccsc1. The highest BCUT2D eigenvalue weighted by Gasteiger charge is 2.26. The van der Waals surface area contributed by atoms with Gasteiger partial charge in [0, 0.05) is 0 Å². The van der Waals surface area contributed by atoms with E-state index in [4.69, 9.17) is 10.00 Å². The molecule has 0 aliphatic heterocycles. The third-order valence-electron chi connectivity index (χ3n) is 1.65. The van der Waals surface area contributed by atoms with Crippen LogP contribution in [0.15, 0.2) is 16.8 Å². The quantitative estimate of drug-likeness (QED) is 0.724. The summed E-state index contributed by atoms with van der Waals surface area (Å²) in [6, 6.07) is 3.73. The Morgan fingerprint density at radius 2 is 2.27 bits per heavy atom. The second kappa shape index (κ2) is 4.45. The first-order valence-corrected chi connectivity index (χ1v) is 5.53. The van der Waals surface area contributed by atoms with E-state index in [1.54, 1.807) is 32.2 Å². The molecule has 0 radical (unpaired) electrons. The van der Waals surface area contributed by atoms with Gasteiger partial charge in [-0.05, 0) is 43.2 Å². The van der Waals surface area contributed by atoms with Gasteiger partial charge < -0.3 is 4.74 Å². The number of carbonyl (C=O) groups excluding carboxylic acids is 1. The Bertz CT molecular complexity index is 370. The van der Waals surface area contributed by atoms with Crippen LogP contribution in [0.2, 0.25) is 0 Å². The molecule has 0 fully saturated rings. The summed E-state index contributed by atoms with van der Waals surface area (Å²) in [6.07, 6.45) is 0. The molecule has 1 aromatic heterocycles. The summed E-state index contributed by atoms with van der Waals surface area (Å²) >= 11 is 1.46. The van der Waals surface area contributed by atoms with Gasteiger partial charge in [-0.2, -0.15) is 16.6 Å². The minimum atomic E-state index is -0.810. The third kappa shape index (κ3) is 3.37. The molecular weight excluding hydrogens is 210 g/mol. The van der Waals surface area contributed by atoms with Gasteiger partial charge in [-0.25, -0.2) is 0 Å². The van der Waals surface area contributed by atoms with Gasteiger partial charge in [-0.15, -0.1) is 0 Å². The summed E-state index contributed by atoms with van der Waals surface area (Å²) in [5, 5.41) is 12.5. The first-order valence-electron chi connectivity index (χ1n) is 4.58. The lowest BCUT2D eigenvalue weighted by Crippen LogP contribution is -2.27. The van der Waals surface area contributed by atoms with Crippen LogP contribution in [0.4, 0.5) is 0 Å². The van der Waals surface area contributed by atoms with Gasteiger partial charge in [-0.3, -0.25) is 4.79 Å². The molecule has 1 unspecified atom stereocenters. The molecule has 0 bridgehead atoms. The molecule has 0 aromatic carbocycles. The van der Waals surface area contributed by atoms with Crippen molar-refractivity contribution >= 4 is 17.3 Å². The molecule has 15 heavy (non-hydrogen) atoms. The van der Waals surface area contributed by atoms with Crippen LogP contribution in [0.5, 0.6) is 0 Å². The minimum absolute atomic E-state index is 0.483. The zero-order valence-corrected chi connectivity index (χ0v) is 9.80. The number of thiophene rings is 1. The molecule has 0 aliphatic rings. The molecule has 1 rings (SSSR count). The Labute approximate surface area is 93.3 Å². The van der Waals surface area contributed by atoms with Crippen molar-refractivity contribution in [1.29, 1.82) is 5.26 Å². The first kappa shape index (κ1) is 11.7. The predicted molar refractivity (Wildman–Crippen MR) is 58.5 cm³/mol. The summed E-state index contributed by atoms with van der Waals surface area (Å²) in [7, 11) is 0. The maximum Gasteiger partial charge on any atom is 0.328 e. The molecule has 1 aromatic rings. The van der Waals surface area contributed by atoms with Crippen LogP contribution in [0.1, 0.15) is 32.3 Å². The Morgan fingerprint density at radius 1 is 1.60 bits per heavy atom. The fourth-order valence-electron chi connectivity index (χ4n) is 1.06. The highest BCUT2D eigenvalue weighted by Crippen LogP contribution is 2.22. The third-order valence-corrected chi connectivity index (χ3v) is 2.35. The van der Waals surface area contributed by atoms with Crippen LogP contribution in [0.25, 0.3) is 0 Å². The standard InChI is InChI=1S/C11H13NO2S/c1-11(2,3)14-10(13)9(6-12)8-4-5-15-7-8/h4-5,7,9H,1-3H3. The van der Waals surface area contributed by atoms with Gasteiger partial charge in [0.15, 0.2) is 5.92 Å². The van der Waals surface area contributed by atoms with Gasteiger partial charge in [0.25, 0.3) is 0 Å². The summed E-state index contributed by atoms with van der Waals surface area (Å²) in [5.74, 6) is -1.29. The average Bonchev–Trinajstić information content (AvgIpc) is 2.54. The van der Waals surface area contributed by atoms with Gasteiger partial charge >= 0.3 is 5.97 Å².